The molecule has 1 nitrogen and oxygen atoms in total. The number of thiophene rings is 1. The Labute approximate surface area is 99.8 Å². The van der Waals surface area contributed by atoms with Crippen molar-refractivity contribution in [2.24, 2.45) is 0 Å². The van der Waals surface area contributed by atoms with E-state index in [2.05, 4.69) is 15.9 Å². The molecule has 0 atom stereocenters. The molecule has 0 aliphatic rings. The SMILES string of the molecule is CCOc1ccc2scc(Br)c2c1Cl. The van der Waals surface area contributed by atoms with Crippen LogP contribution in [-0.2, 0) is 0 Å². The maximum atomic E-state index is 6.22. The van der Waals surface area contributed by atoms with Crippen LogP contribution >= 0.6 is 38.9 Å². The summed E-state index contributed by atoms with van der Waals surface area (Å²) in [5, 5.41) is 3.77. The van der Waals surface area contributed by atoms with Gasteiger partial charge in [0.2, 0.25) is 0 Å². The van der Waals surface area contributed by atoms with Gasteiger partial charge in [-0.15, -0.1) is 11.3 Å². The third-order valence-corrected chi connectivity index (χ3v) is 4.15. The first-order valence-corrected chi connectivity index (χ1v) is 6.27. The Bertz CT molecular complexity index is 466. The van der Waals surface area contributed by atoms with E-state index in [0.29, 0.717) is 11.6 Å². The summed E-state index contributed by atoms with van der Waals surface area (Å²) in [6, 6.07) is 3.94. The van der Waals surface area contributed by atoms with Gasteiger partial charge in [-0.05, 0) is 35.0 Å². The fourth-order valence-corrected chi connectivity index (χ4v) is 3.44. The highest BCUT2D eigenvalue weighted by atomic mass is 79.9. The maximum Gasteiger partial charge on any atom is 0.138 e. The summed E-state index contributed by atoms with van der Waals surface area (Å²) >= 11 is 11.4. The van der Waals surface area contributed by atoms with Crippen molar-refractivity contribution >= 4 is 49.0 Å². The molecule has 0 aliphatic heterocycles. The number of benzene rings is 1. The molecule has 0 radical (unpaired) electrons. The zero-order chi connectivity index (χ0) is 10.1. The van der Waals surface area contributed by atoms with Gasteiger partial charge in [-0.2, -0.15) is 0 Å². The van der Waals surface area contributed by atoms with Crippen molar-refractivity contribution in [2.75, 3.05) is 6.61 Å². The smallest absolute Gasteiger partial charge is 0.138 e. The van der Waals surface area contributed by atoms with E-state index in [1.54, 1.807) is 11.3 Å². The van der Waals surface area contributed by atoms with Crippen LogP contribution in [0.3, 0.4) is 0 Å². The molecule has 4 heteroatoms. The van der Waals surface area contributed by atoms with E-state index < -0.39 is 0 Å². The fraction of sp³-hybridized carbons (Fsp3) is 0.200. The number of hydrogen-bond donors (Lipinski definition) is 0. The van der Waals surface area contributed by atoms with Crippen LogP contribution in [0.1, 0.15) is 6.92 Å². The van der Waals surface area contributed by atoms with Crippen molar-refractivity contribution in [1.82, 2.24) is 0 Å². The van der Waals surface area contributed by atoms with Crippen LogP contribution in [0.2, 0.25) is 5.02 Å². The Kier molecular flexibility index (Phi) is 3.00. The molecule has 14 heavy (non-hydrogen) atoms. The molecule has 1 aromatic carbocycles. The second-order valence-electron chi connectivity index (χ2n) is 2.77. The molecule has 0 amide bonds. The van der Waals surface area contributed by atoms with Crippen LogP contribution in [0, 0.1) is 0 Å². The molecule has 2 aromatic rings. The van der Waals surface area contributed by atoms with Crippen LogP contribution in [-0.4, -0.2) is 6.61 Å². The molecule has 0 unspecified atom stereocenters. The molecule has 0 aliphatic carbocycles. The number of rotatable bonds is 2. The Morgan fingerprint density at radius 2 is 2.29 bits per heavy atom. The van der Waals surface area contributed by atoms with Crippen molar-refractivity contribution in [3.8, 4) is 5.75 Å². The van der Waals surface area contributed by atoms with Gasteiger partial charge in [0, 0.05) is 19.9 Å². The first kappa shape index (κ1) is 10.3. The standard InChI is InChI=1S/C10H8BrClOS/c1-2-13-7-3-4-8-9(10(7)12)6(11)5-14-8/h3-5H,2H2,1H3. The molecule has 0 saturated carbocycles. The highest BCUT2D eigenvalue weighted by Crippen LogP contribution is 2.40. The minimum Gasteiger partial charge on any atom is -0.492 e. The minimum absolute atomic E-state index is 0.632. The zero-order valence-electron chi connectivity index (χ0n) is 7.51. The summed E-state index contributed by atoms with van der Waals surface area (Å²) < 4.78 is 7.62. The quantitative estimate of drug-likeness (QED) is 0.778. The summed E-state index contributed by atoms with van der Waals surface area (Å²) in [5.41, 5.74) is 0. The maximum absolute atomic E-state index is 6.22. The number of ether oxygens (including phenoxy) is 1. The van der Waals surface area contributed by atoms with Gasteiger partial charge in [0.15, 0.2) is 0 Å². The number of fused-ring (bicyclic) bond motifs is 1. The zero-order valence-corrected chi connectivity index (χ0v) is 10.7. The largest absolute Gasteiger partial charge is 0.492 e. The summed E-state index contributed by atoms with van der Waals surface area (Å²) in [6.07, 6.45) is 0. The predicted molar refractivity (Wildman–Crippen MR) is 65.7 cm³/mol. The molecule has 0 spiro atoms. The Morgan fingerprint density at radius 3 is 3.00 bits per heavy atom. The van der Waals surface area contributed by atoms with Gasteiger partial charge in [-0.1, -0.05) is 11.6 Å². The molecule has 0 bridgehead atoms. The molecular formula is C10H8BrClOS. The first-order valence-electron chi connectivity index (χ1n) is 4.22. The van der Waals surface area contributed by atoms with Crippen molar-refractivity contribution in [1.29, 1.82) is 0 Å². The molecule has 1 heterocycles. The Hall–Kier alpha value is -0.250. The van der Waals surface area contributed by atoms with Gasteiger partial charge in [0.25, 0.3) is 0 Å². The highest BCUT2D eigenvalue weighted by Gasteiger charge is 2.10. The van der Waals surface area contributed by atoms with Crippen LogP contribution in [0.15, 0.2) is 22.0 Å². The lowest BCUT2D eigenvalue weighted by molar-refractivity contribution is 0.341. The van der Waals surface area contributed by atoms with E-state index in [0.717, 1.165) is 15.6 Å². The van der Waals surface area contributed by atoms with Gasteiger partial charge >= 0.3 is 0 Å². The summed E-state index contributed by atoms with van der Waals surface area (Å²) in [7, 11) is 0. The molecular weight excluding hydrogens is 284 g/mol. The predicted octanol–water partition coefficient (Wildman–Crippen LogP) is 4.72. The second kappa shape index (κ2) is 4.09. The first-order chi connectivity index (χ1) is 6.74. The summed E-state index contributed by atoms with van der Waals surface area (Å²) in [6.45, 7) is 2.58. The van der Waals surface area contributed by atoms with Gasteiger partial charge in [0.1, 0.15) is 5.75 Å². The van der Waals surface area contributed by atoms with E-state index in [9.17, 15) is 0 Å². The van der Waals surface area contributed by atoms with Gasteiger partial charge < -0.3 is 4.74 Å². The topological polar surface area (TPSA) is 9.23 Å². The fourth-order valence-electron chi connectivity index (χ4n) is 1.30. The van der Waals surface area contributed by atoms with E-state index in [-0.39, 0.29) is 0 Å². The molecule has 2 rings (SSSR count). The lowest BCUT2D eigenvalue weighted by Crippen LogP contribution is -1.91. The normalized spacial score (nSPS) is 10.8. The van der Waals surface area contributed by atoms with Crippen molar-refractivity contribution in [3.05, 3.63) is 27.0 Å². The van der Waals surface area contributed by atoms with Crippen LogP contribution in [0.25, 0.3) is 10.1 Å². The molecule has 1 aromatic heterocycles. The summed E-state index contributed by atoms with van der Waals surface area (Å²) in [5.74, 6) is 0.751. The van der Waals surface area contributed by atoms with E-state index in [1.165, 1.54) is 4.70 Å². The molecule has 0 fully saturated rings. The minimum atomic E-state index is 0.632. The average molecular weight is 292 g/mol. The lowest BCUT2D eigenvalue weighted by atomic mass is 10.2. The van der Waals surface area contributed by atoms with Crippen LogP contribution in [0.5, 0.6) is 5.75 Å². The third-order valence-electron chi connectivity index (χ3n) is 1.90. The van der Waals surface area contributed by atoms with E-state index >= 15 is 0 Å². The average Bonchev–Trinajstić information content (AvgIpc) is 2.54. The lowest BCUT2D eigenvalue weighted by Gasteiger charge is -2.06. The van der Waals surface area contributed by atoms with Crippen molar-refractivity contribution < 1.29 is 4.74 Å². The van der Waals surface area contributed by atoms with Crippen LogP contribution in [0.4, 0.5) is 0 Å². The third kappa shape index (κ3) is 1.64. The number of hydrogen-bond acceptors (Lipinski definition) is 2. The number of halogens is 2. The van der Waals surface area contributed by atoms with Crippen LogP contribution < -0.4 is 4.74 Å². The molecule has 0 saturated heterocycles. The van der Waals surface area contributed by atoms with Gasteiger partial charge in [-0.25, -0.2) is 0 Å². The van der Waals surface area contributed by atoms with Crippen molar-refractivity contribution in [2.45, 2.75) is 6.92 Å². The molecule has 0 N–H and O–H groups in total. The monoisotopic (exact) mass is 290 g/mol. The Balaban J connectivity index is 2.66. The highest BCUT2D eigenvalue weighted by molar-refractivity contribution is 9.10. The van der Waals surface area contributed by atoms with Gasteiger partial charge in [0.05, 0.1) is 11.6 Å². The second-order valence-corrected chi connectivity index (χ2v) is 4.91. The van der Waals surface area contributed by atoms with E-state index in [1.807, 2.05) is 24.4 Å². The van der Waals surface area contributed by atoms with E-state index in [4.69, 9.17) is 16.3 Å². The summed E-state index contributed by atoms with van der Waals surface area (Å²) in [4.78, 5) is 0. The molecule has 74 valence electrons. The van der Waals surface area contributed by atoms with Crippen molar-refractivity contribution in [3.63, 3.8) is 0 Å². The Morgan fingerprint density at radius 1 is 1.50 bits per heavy atom. The van der Waals surface area contributed by atoms with Gasteiger partial charge in [-0.3, -0.25) is 0 Å².